The molecule has 7 nitrogen and oxygen atoms in total. The predicted octanol–water partition coefficient (Wildman–Crippen LogP) is 0.102. The van der Waals surface area contributed by atoms with Crippen LogP contribution in [0.2, 0.25) is 0 Å². The number of nitrogens with one attached hydrogen (secondary N) is 2. The van der Waals surface area contributed by atoms with Crippen LogP contribution in [0, 0.1) is 0 Å². The minimum atomic E-state index is -1.07. The molecular weight excluding hydrogens is 228 g/mol. The van der Waals surface area contributed by atoms with E-state index in [0.717, 1.165) is 0 Å². The number of ether oxygens (including phenoxy) is 1. The maximum Gasteiger partial charge on any atom is 0.321 e. The summed E-state index contributed by atoms with van der Waals surface area (Å²) in [6.07, 6.45) is 0.126. The van der Waals surface area contributed by atoms with E-state index >= 15 is 0 Å². The number of imide groups is 1. The maximum absolute atomic E-state index is 11.2. The third kappa shape index (κ3) is 9.31. The van der Waals surface area contributed by atoms with Crippen molar-refractivity contribution in [3.63, 3.8) is 0 Å². The van der Waals surface area contributed by atoms with Crippen molar-refractivity contribution in [2.24, 2.45) is 0 Å². The van der Waals surface area contributed by atoms with Crippen LogP contribution >= 0.6 is 0 Å². The van der Waals surface area contributed by atoms with Crippen LogP contribution in [0.15, 0.2) is 0 Å². The summed E-state index contributed by atoms with van der Waals surface area (Å²) in [6.45, 7) is 2.29. The Bertz CT molecular complexity index is 280. The Kier molecular flexibility index (Phi) is 7.70. The maximum atomic E-state index is 11.2. The molecule has 98 valence electrons. The van der Waals surface area contributed by atoms with Crippen molar-refractivity contribution >= 4 is 17.9 Å². The average molecular weight is 246 g/mol. The fraction of sp³-hybridized carbons (Fsp3) is 0.700. The number of methoxy groups -OCH3 is 1. The molecule has 0 saturated heterocycles. The van der Waals surface area contributed by atoms with Gasteiger partial charge in [-0.2, -0.15) is 0 Å². The van der Waals surface area contributed by atoms with Crippen LogP contribution in [0.3, 0.4) is 0 Å². The van der Waals surface area contributed by atoms with E-state index in [9.17, 15) is 14.4 Å². The van der Waals surface area contributed by atoms with Gasteiger partial charge in [0.15, 0.2) is 0 Å². The van der Waals surface area contributed by atoms with Crippen molar-refractivity contribution in [1.82, 2.24) is 10.6 Å². The molecule has 3 amide bonds. The Hall–Kier alpha value is -1.63. The highest BCUT2D eigenvalue weighted by Crippen LogP contribution is 1.92. The molecule has 0 fully saturated rings. The van der Waals surface area contributed by atoms with Gasteiger partial charge >= 0.3 is 12.0 Å². The van der Waals surface area contributed by atoms with Gasteiger partial charge in [-0.05, 0) is 13.3 Å². The van der Waals surface area contributed by atoms with E-state index in [1.807, 2.05) is 5.32 Å². The van der Waals surface area contributed by atoms with Crippen molar-refractivity contribution in [2.45, 2.75) is 32.2 Å². The number of carbonyl (C=O) groups is 3. The lowest BCUT2D eigenvalue weighted by atomic mass is 10.2. The predicted molar refractivity (Wildman–Crippen MR) is 59.5 cm³/mol. The molecule has 0 aromatic heterocycles. The van der Waals surface area contributed by atoms with Crippen LogP contribution in [0.5, 0.6) is 0 Å². The van der Waals surface area contributed by atoms with Crippen LogP contribution in [0.25, 0.3) is 0 Å². The summed E-state index contributed by atoms with van der Waals surface area (Å²) in [5.41, 5.74) is 0. The molecule has 0 bridgehead atoms. The zero-order chi connectivity index (χ0) is 13.3. The van der Waals surface area contributed by atoms with Gasteiger partial charge in [-0.15, -0.1) is 0 Å². The van der Waals surface area contributed by atoms with Crippen molar-refractivity contribution in [1.29, 1.82) is 0 Å². The summed E-state index contributed by atoms with van der Waals surface area (Å²) in [4.78, 5) is 32.5. The molecular formula is C10H18N2O5. The van der Waals surface area contributed by atoms with Gasteiger partial charge in [-0.3, -0.25) is 14.9 Å². The third-order valence-corrected chi connectivity index (χ3v) is 1.95. The van der Waals surface area contributed by atoms with E-state index in [1.165, 1.54) is 0 Å². The molecule has 0 radical (unpaired) electrons. The first-order valence-corrected chi connectivity index (χ1v) is 5.26. The molecule has 0 spiro atoms. The topological polar surface area (TPSA) is 105 Å². The zero-order valence-corrected chi connectivity index (χ0v) is 9.99. The molecule has 0 aliphatic carbocycles. The van der Waals surface area contributed by atoms with Gasteiger partial charge in [-0.1, -0.05) is 0 Å². The Morgan fingerprint density at radius 1 is 1.29 bits per heavy atom. The number of aliphatic carboxylic acids is 1. The summed E-state index contributed by atoms with van der Waals surface area (Å²) in [5, 5.41) is 12.9. The highest BCUT2D eigenvalue weighted by molar-refractivity contribution is 5.95. The standard InChI is InChI=1S/C10H18N2O5/c1-7(5-6-17-2)11-10(16)12-8(13)3-4-9(14)15/h7H,3-6H2,1-2H3,(H,14,15)(H2,11,12,13,16). The molecule has 0 aromatic rings. The second kappa shape index (κ2) is 8.51. The molecule has 17 heavy (non-hydrogen) atoms. The Labute approximate surface area is 99.5 Å². The molecule has 1 atom stereocenters. The molecule has 7 heteroatoms. The first kappa shape index (κ1) is 15.4. The fourth-order valence-electron chi connectivity index (χ4n) is 1.04. The molecule has 0 heterocycles. The molecule has 1 unspecified atom stereocenters. The van der Waals surface area contributed by atoms with Gasteiger partial charge in [0, 0.05) is 26.2 Å². The number of urea groups is 1. The first-order valence-electron chi connectivity index (χ1n) is 5.26. The van der Waals surface area contributed by atoms with E-state index in [2.05, 4.69) is 5.32 Å². The number of carboxylic acids is 1. The quantitative estimate of drug-likeness (QED) is 0.591. The van der Waals surface area contributed by atoms with Gasteiger partial charge in [0.2, 0.25) is 5.91 Å². The summed E-state index contributed by atoms with van der Waals surface area (Å²) >= 11 is 0. The molecule has 0 saturated carbocycles. The van der Waals surface area contributed by atoms with E-state index in [1.54, 1.807) is 14.0 Å². The minimum Gasteiger partial charge on any atom is -0.481 e. The van der Waals surface area contributed by atoms with Crippen molar-refractivity contribution < 1.29 is 24.2 Å². The lowest BCUT2D eigenvalue weighted by molar-refractivity contribution is -0.138. The van der Waals surface area contributed by atoms with Gasteiger partial charge in [0.1, 0.15) is 0 Å². The summed E-state index contributed by atoms with van der Waals surface area (Å²) in [6, 6.07) is -0.744. The highest BCUT2D eigenvalue weighted by atomic mass is 16.5. The van der Waals surface area contributed by atoms with E-state index in [-0.39, 0.29) is 18.9 Å². The Morgan fingerprint density at radius 3 is 2.47 bits per heavy atom. The first-order chi connectivity index (χ1) is 7.95. The minimum absolute atomic E-state index is 0.123. The van der Waals surface area contributed by atoms with Crippen molar-refractivity contribution in [3.05, 3.63) is 0 Å². The largest absolute Gasteiger partial charge is 0.481 e. The van der Waals surface area contributed by atoms with Crippen LogP contribution in [-0.2, 0) is 14.3 Å². The number of amides is 3. The van der Waals surface area contributed by atoms with Crippen LogP contribution in [0.4, 0.5) is 4.79 Å². The van der Waals surface area contributed by atoms with Gasteiger partial charge < -0.3 is 15.2 Å². The fourth-order valence-corrected chi connectivity index (χ4v) is 1.04. The average Bonchev–Trinajstić information content (AvgIpc) is 2.23. The normalized spacial score (nSPS) is 11.6. The van der Waals surface area contributed by atoms with Crippen LogP contribution in [-0.4, -0.2) is 42.8 Å². The van der Waals surface area contributed by atoms with Gasteiger partial charge in [-0.25, -0.2) is 4.79 Å². The number of hydrogen-bond donors (Lipinski definition) is 3. The van der Waals surface area contributed by atoms with E-state index < -0.39 is 17.9 Å². The van der Waals surface area contributed by atoms with Crippen molar-refractivity contribution in [3.8, 4) is 0 Å². The lowest BCUT2D eigenvalue weighted by Crippen LogP contribution is -2.43. The molecule has 0 aromatic carbocycles. The van der Waals surface area contributed by atoms with Gasteiger partial charge in [0.05, 0.1) is 6.42 Å². The van der Waals surface area contributed by atoms with Gasteiger partial charge in [0.25, 0.3) is 0 Å². The van der Waals surface area contributed by atoms with E-state index in [4.69, 9.17) is 9.84 Å². The van der Waals surface area contributed by atoms with Crippen LogP contribution in [0.1, 0.15) is 26.2 Å². The number of carboxylic acid groups (broad SMARTS) is 1. The molecule has 0 aliphatic heterocycles. The van der Waals surface area contributed by atoms with Crippen molar-refractivity contribution in [2.75, 3.05) is 13.7 Å². The lowest BCUT2D eigenvalue weighted by Gasteiger charge is -2.13. The highest BCUT2D eigenvalue weighted by Gasteiger charge is 2.11. The Morgan fingerprint density at radius 2 is 1.94 bits per heavy atom. The SMILES string of the molecule is COCCC(C)NC(=O)NC(=O)CCC(=O)O. The summed E-state index contributed by atoms with van der Waals surface area (Å²) in [5.74, 6) is -1.68. The molecule has 0 aliphatic rings. The molecule has 3 N–H and O–H groups in total. The van der Waals surface area contributed by atoms with Crippen LogP contribution < -0.4 is 10.6 Å². The second-order valence-corrected chi connectivity index (χ2v) is 3.60. The number of hydrogen-bond acceptors (Lipinski definition) is 4. The molecule has 0 rings (SSSR count). The van der Waals surface area contributed by atoms with E-state index in [0.29, 0.717) is 13.0 Å². The number of rotatable bonds is 7. The number of carbonyl (C=O) groups excluding carboxylic acids is 2. The smallest absolute Gasteiger partial charge is 0.321 e. The monoisotopic (exact) mass is 246 g/mol. The Balaban J connectivity index is 3.77. The summed E-state index contributed by atoms with van der Waals surface area (Å²) in [7, 11) is 1.56. The summed E-state index contributed by atoms with van der Waals surface area (Å²) < 4.78 is 4.84. The third-order valence-electron chi connectivity index (χ3n) is 1.95. The zero-order valence-electron chi connectivity index (χ0n) is 9.99. The second-order valence-electron chi connectivity index (χ2n) is 3.60.